The van der Waals surface area contributed by atoms with Crippen LogP contribution in [0.3, 0.4) is 0 Å². The highest BCUT2D eigenvalue weighted by Gasteiger charge is 2.35. The summed E-state index contributed by atoms with van der Waals surface area (Å²) in [6.45, 7) is 4.16. The second kappa shape index (κ2) is 3.97. The van der Waals surface area contributed by atoms with E-state index in [0.29, 0.717) is 5.15 Å². The molecule has 1 aromatic rings. The summed E-state index contributed by atoms with van der Waals surface area (Å²) >= 11 is 5.96. The highest BCUT2D eigenvalue weighted by molar-refractivity contribution is 6.30. The van der Waals surface area contributed by atoms with Crippen LogP contribution in [0, 0.1) is 6.92 Å². The molecule has 1 N–H and O–H groups in total. The fourth-order valence-corrected chi connectivity index (χ4v) is 2.11. The first kappa shape index (κ1) is 10.7. The van der Waals surface area contributed by atoms with Gasteiger partial charge in [0.05, 0.1) is 0 Å². The molecule has 82 valence electrons. The van der Waals surface area contributed by atoms with Crippen molar-refractivity contribution in [3.05, 3.63) is 17.0 Å². The van der Waals surface area contributed by atoms with Crippen molar-refractivity contribution in [1.82, 2.24) is 9.97 Å². The Balaban J connectivity index is 2.20. The number of halogens is 1. The van der Waals surface area contributed by atoms with Gasteiger partial charge in [-0.15, -0.1) is 0 Å². The topological polar surface area (TPSA) is 37.8 Å². The summed E-state index contributed by atoms with van der Waals surface area (Å²) in [5.74, 6) is 0.886. The SMILES string of the molecule is CCC1(Nc2ncnc(Cl)c2C)CCC1. The summed E-state index contributed by atoms with van der Waals surface area (Å²) in [6, 6.07) is 0. The Hall–Kier alpha value is -0.830. The third-order valence-electron chi connectivity index (χ3n) is 3.39. The molecule has 0 atom stereocenters. The number of anilines is 1. The zero-order valence-corrected chi connectivity index (χ0v) is 9.93. The molecule has 1 aliphatic carbocycles. The van der Waals surface area contributed by atoms with E-state index in [2.05, 4.69) is 22.2 Å². The fourth-order valence-electron chi connectivity index (χ4n) is 1.98. The maximum atomic E-state index is 5.96. The predicted octanol–water partition coefficient (Wildman–Crippen LogP) is 3.18. The first-order valence-corrected chi connectivity index (χ1v) is 5.80. The average molecular weight is 226 g/mol. The van der Waals surface area contributed by atoms with Gasteiger partial charge in [0.2, 0.25) is 0 Å². The Morgan fingerprint density at radius 1 is 1.47 bits per heavy atom. The molecule has 0 spiro atoms. The van der Waals surface area contributed by atoms with E-state index in [1.807, 2.05) is 6.92 Å². The standard InChI is InChI=1S/C11H16ClN3/c1-3-11(5-4-6-11)15-10-8(2)9(12)13-7-14-10/h7H,3-6H2,1-2H3,(H,13,14,15). The first-order chi connectivity index (χ1) is 7.17. The van der Waals surface area contributed by atoms with E-state index in [9.17, 15) is 0 Å². The highest BCUT2D eigenvalue weighted by atomic mass is 35.5. The van der Waals surface area contributed by atoms with Crippen LogP contribution in [0.5, 0.6) is 0 Å². The van der Waals surface area contributed by atoms with Crippen molar-refractivity contribution < 1.29 is 0 Å². The first-order valence-electron chi connectivity index (χ1n) is 5.42. The summed E-state index contributed by atoms with van der Waals surface area (Å²) in [5, 5.41) is 4.05. The third-order valence-corrected chi connectivity index (χ3v) is 3.77. The molecular formula is C11H16ClN3. The molecule has 1 heterocycles. The van der Waals surface area contributed by atoms with Gasteiger partial charge in [0.1, 0.15) is 17.3 Å². The summed E-state index contributed by atoms with van der Waals surface area (Å²) in [4.78, 5) is 8.20. The number of nitrogens with zero attached hydrogens (tertiary/aromatic N) is 2. The molecular weight excluding hydrogens is 210 g/mol. The highest BCUT2D eigenvalue weighted by Crippen LogP contribution is 2.38. The minimum absolute atomic E-state index is 0.252. The van der Waals surface area contributed by atoms with Gasteiger partial charge in [0, 0.05) is 11.1 Å². The van der Waals surface area contributed by atoms with Crippen molar-refractivity contribution in [2.45, 2.75) is 45.1 Å². The van der Waals surface area contributed by atoms with E-state index in [1.54, 1.807) is 0 Å². The zero-order chi connectivity index (χ0) is 10.9. The maximum absolute atomic E-state index is 5.96. The van der Waals surface area contributed by atoms with Crippen LogP contribution in [0.2, 0.25) is 5.15 Å². The van der Waals surface area contributed by atoms with E-state index in [4.69, 9.17) is 11.6 Å². The zero-order valence-electron chi connectivity index (χ0n) is 9.18. The lowest BCUT2D eigenvalue weighted by atomic mass is 9.75. The van der Waals surface area contributed by atoms with Crippen molar-refractivity contribution in [3.8, 4) is 0 Å². The third kappa shape index (κ3) is 1.93. The van der Waals surface area contributed by atoms with Gasteiger partial charge in [0.25, 0.3) is 0 Å². The van der Waals surface area contributed by atoms with Crippen molar-refractivity contribution >= 4 is 17.4 Å². The lowest BCUT2D eigenvalue weighted by molar-refractivity contribution is 0.268. The van der Waals surface area contributed by atoms with E-state index in [1.165, 1.54) is 25.6 Å². The number of hydrogen-bond acceptors (Lipinski definition) is 3. The van der Waals surface area contributed by atoms with Crippen LogP contribution in [0.25, 0.3) is 0 Å². The van der Waals surface area contributed by atoms with E-state index < -0.39 is 0 Å². The normalized spacial score (nSPS) is 18.3. The molecule has 0 radical (unpaired) electrons. The quantitative estimate of drug-likeness (QED) is 0.803. The Bertz CT molecular complexity index is 355. The molecule has 15 heavy (non-hydrogen) atoms. The molecule has 1 fully saturated rings. The molecule has 0 aromatic carbocycles. The molecule has 1 aromatic heterocycles. The number of aromatic nitrogens is 2. The van der Waals surface area contributed by atoms with Crippen molar-refractivity contribution in [2.75, 3.05) is 5.32 Å². The van der Waals surface area contributed by atoms with Crippen LogP contribution in [0.15, 0.2) is 6.33 Å². The Morgan fingerprint density at radius 3 is 2.73 bits per heavy atom. The molecule has 1 aliphatic rings. The van der Waals surface area contributed by atoms with Gasteiger partial charge < -0.3 is 5.32 Å². The van der Waals surface area contributed by atoms with Crippen LogP contribution >= 0.6 is 11.6 Å². The molecule has 4 heteroatoms. The second-order valence-electron chi connectivity index (χ2n) is 4.25. The van der Waals surface area contributed by atoms with Gasteiger partial charge in [-0.25, -0.2) is 9.97 Å². The predicted molar refractivity (Wildman–Crippen MR) is 62.3 cm³/mol. The molecule has 0 amide bonds. The maximum Gasteiger partial charge on any atom is 0.137 e. The summed E-state index contributed by atoms with van der Waals surface area (Å²) < 4.78 is 0. The molecule has 0 saturated heterocycles. The lowest BCUT2D eigenvalue weighted by Crippen LogP contribution is -2.44. The van der Waals surface area contributed by atoms with E-state index in [0.717, 1.165) is 17.8 Å². The smallest absolute Gasteiger partial charge is 0.137 e. The molecule has 0 bridgehead atoms. The lowest BCUT2D eigenvalue weighted by Gasteiger charge is -2.42. The number of rotatable bonds is 3. The van der Waals surface area contributed by atoms with Gasteiger partial charge in [-0.1, -0.05) is 18.5 Å². The average Bonchev–Trinajstić information content (AvgIpc) is 2.18. The minimum Gasteiger partial charge on any atom is -0.364 e. The second-order valence-corrected chi connectivity index (χ2v) is 4.61. The molecule has 0 unspecified atom stereocenters. The van der Waals surface area contributed by atoms with Gasteiger partial charge in [-0.05, 0) is 32.6 Å². The van der Waals surface area contributed by atoms with Crippen molar-refractivity contribution in [1.29, 1.82) is 0 Å². The van der Waals surface area contributed by atoms with Crippen LogP contribution in [0.4, 0.5) is 5.82 Å². The molecule has 1 saturated carbocycles. The molecule has 3 nitrogen and oxygen atoms in total. The Kier molecular flexibility index (Phi) is 2.83. The van der Waals surface area contributed by atoms with Crippen molar-refractivity contribution in [2.24, 2.45) is 0 Å². The van der Waals surface area contributed by atoms with Crippen LogP contribution in [-0.2, 0) is 0 Å². The van der Waals surface area contributed by atoms with Crippen LogP contribution in [-0.4, -0.2) is 15.5 Å². The van der Waals surface area contributed by atoms with Crippen LogP contribution < -0.4 is 5.32 Å². The van der Waals surface area contributed by atoms with Gasteiger partial charge in [-0.3, -0.25) is 0 Å². The number of nitrogens with one attached hydrogen (secondary N) is 1. The Labute approximate surface area is 95.3 Å². The summed E-state index contributed by atoms with van der Waals surface area (Å²) in [6.07, 6.45) is 6.40. The molecule has 2 rings (SSSR count). The Morgan fingerprint density at radius 2 is 2.20 bits per heavy atom. The van der Waals surface area contributed by atoms with E-state index in [-0.39, 0.29) is 5.54 Å². The van der Waals surface area contributed by atoms with Gasteiger partial charge >= 0.3 is 0 Å². The van der Waals surface area contributed by atoms with Gasteiger partial charge in [-0.2, -0.15) is 0 Å². The summed E-state index contributed by atoms with van der Waals surface area (Å²) in [5.41, 5.74) is 1.20. The summed E-state index contributed by atoms with van der Waals surface area (Å²) in [7, 11) is 0. The largest absolute Gasteiger partial charge is 0.364 e. The van der Waals surface area contributed by atoms with Crippen molar-refractivity contribution in [3.63, 3.8) is 0 Å². The fraction of sp³-hybridized carbons (Fsp3) is 0.636. The van der Waals surface area contributed by atoms with Gasteiger partial charge in [0.15, 0.2) is 0 Å². The van der Waals surface area contributed by atoms with Crippen LogP contribution in [0.1, 0.15) is 38.2 Å². The monoisotopic (exact) mass is 225 g/mol. The van der Waals surface area contributed by atoms with E-state index >= 15 is 0 Å². The molecule has 0 aliphatic heterocycles. The minimum atomic E-state index is 0.252. The number of hydrogen-bond donors (Lipinski definition) is 1.